The van der Waals surface area contributed by atoms with E-state index in [0.29, 0.717) is 23.1 Å². The topological polar surface area (TPSA) is 142 Å². The highest BCUT2D eigenvalue weighted by Crippen LogP contribution is 2.40. The molecule has 0 radical (unpaired) electrons. The molecule has 4 atom stereocenters. The summed E-state index contributed by atoms with van der Waals surface area (Å²) in [5.74, 6) is -2.65. The minimum absolute atomic E-state index is 0.0136. The highest BCUT2D eigenvalue weighted by molar-refractivity contribution is 8.00. The van der Waals surface area contributed by atoms with E-state index in [1.165, 1.54) is 18.7 Å². The van der Waals surface area contributed by atoms with Crippen LogP contribution in [0.1, 0.15) is 37.8 Å². The summed E-state index contributed by atoms with van der Waals surface area (Å²) < 4.78 is 32.9. The lowest BCUT2D eigenvalue weighted by Crippen LogP contribution is -2.70. The largest absolute Gasteiger partial charge is 0.477 e. The first-order chi connectivity index (χ1) is 17.5. The number of carboxylic acids is 1. The Bertz CT molecular complexity index is 1070. The Hall–Kier alpha value is -3.03. The Kier molecular flexibility index (Phi) is 9.62. The van der Waals surface area contributed by atoms with Crippen molar-refractivity contribution in [1.82, 2.24) is 15.3 Å². The summed E-state index contributed by atoms with van der Waals surface area (Å²) in [6.07, 6.45) is -1.47. The van der Waals surface area contributed by atoms with Gasteiger partial charge in [-0.25, -0.2) is 9.18 Å². The van der Waals surface area contributed by atoms with Gasteiger partial charge in [-0.15, -0.1) is 21.4 Å². The van der Waals surface area contributed by atoms with Gasteiger partial charge >= 0.3 is 11.9 Å². The van der Waals surface area contributed by atoms with Crippen LogP contribution in [-0.4, -0.2) is 75.0 Å². The molecule has 1 saturated heterocycles. The molecule has 0 spiro atoms. The monoisotopic (exact) mass is 540 g/mol. The third kappa shape index (κ3) is 7.27. The minimum Gasteiger partial charge on any atom is -0.477 e. The fourth-order valence-corrected chi connectivity index (χ4v) is 5.30. The number of nitrogens with one attached hydrogen (secondary N) is 1. The molecule has 0 aromatic heterocycles. The molecule has 1 aromatic carbocycles. The second-order valence-electron chi connectivity index (χ2n) is 9.03. The number of thioether (sulfide) groups is 1. The standard InChI is InChI=1S/C24H30F2N4O6S/c1-13(27)3-8-18(25)29(26)10-16-6-4-15(5-7-16)9-19(32)28-20-22(33)30-21(24(34)35)17(11-36-14(2)31)12-37-23(20)30/h4-7,13,18,20,23H,3,8-12,27H2,1-2H3,(H,28,32)(H,34,35). The van der Waals surface area contributed by atoms with Gasteiger partial charge in [-0.05, 0) is 30.9 Å². The number of nitrogens with zero attached hydrogens (tertiary/aromatic N) is 2. The van der Waals surface area contributed by atoms with E-state index in [9.17, 15) is 33.2 Å². The molecule has 37 heavy (non-hydrogen) atoms. The quantitative estimate of drug-likeness (QED) is 0.156. The average Bonchev–Trinajstić information content (AvgIpc) is 2.84. The molecule has 4 unspecified atom stereocenters. The van der Waals surface area contributed by atoms with E-state index in [2.05, 4.69) is 5.32 Å². The number of carbonyl (C=O) groups excluding carboxylic acids is 3. The number of β-lactam (4-membered cyclic amide) rings is 1. The summed E-state index contributed by atoms with van der Waals surface area (Å²) in [6.45, 7) is 2.44. The number of rotatable bonds is 12. The average molecular weight is 541 g/mol. The van der Waals surface area contributed by atoms with Crippen molar-refractivity contribution in [3.8, 4) is 0 Å². The molecule has 1 aromatic rings. The van der Waals surface area contributed by atoms with Gasteiger partial charge in [-0.3, -0.25) is 19.3 Å². The third-order valence-electron chi connectivity index (χ3n) is 5.90. The number of aliphatic carboxylic acids is 1. The van der Waals surface area contributed by atoms with Gasteiger partial charge in [0.25, 0.3) is 5.91 Å². The van der Waals surface area contributed by atoms with E-state index in [1.54, 1.807) is 31.2 Å². The zero-order valence-electron chi connectivity index (χ0n) is 20.5. The Morgan fingerprint density at radius 1 is 1.27 bits per heavy atom. The highest BCUT2D eigenvalue weighted by atomic mass is 32.2. The van der Waals surface area contributed by atoms with Crippen LogP contribution < -0.4 is 11.1 Å². The number of carbonyl (C=O) groups is 4. The smallest absolute Gasteiger partial charge is 0.352 e. The van der Waals surface area contributed by atoms with E-state index < -0.39 is 41.5 Å². The zero-order valence-corrected chi connectivity index (χ0v) is 21.3. The first kappa shape index (κ1) is 28.5. The van der Waals surface area contributed by atoms with Gasteiger partial charge in [0.2, 0.25) is 5.91 Å². The SMILES string of the molecule is CC(=O)OCC1=C(C(=O)O)N2C(=O)C(NC(=O)Cc3ccc(CN(F)C(F)CCC(C)N)cc3)C2SC1. The maximum atomic E-state index is 14.0. The summed E-state index contributed by atoms with van der Waals surface area (Å²) in [5, 5.41) is 11.8. The Morgan fingerprint density at radius 2 is 1.92 bits per heavy atom. The van der Waals surface area contributed by atoms with Crippen LogP contribution in [0, 0.1) is 0 Å². The van der Waals surface area contributed by atoms with Crippen molar-refractivity contribution in [3.63, 3.8) is 0 Å². The van der Waals surface area contributed by atoms with Crippen molar-refractivity contribution in [3.05, 3.63) is 46.7 Å². The van der Waals surface area contributed by atoms with Gasteiger partial charge in [0.05, 0.1) is 13.0 Å². The molecule has 202 valence electrons. The number of alkyl halides is 1. The first-order valence-electron chi connectivity index (χ1n) is 11.7. The third-order valence-corrected chi connectivity index (χ3v) is 7.24. The van der Waals surface area contributed by atoms with Gasteiger partial charge in [0, 0.05) is 24.3 Å². The second kappa shape index (κ2) is 12.5. The molecule has 2 heterocycles. The maximum Gasteiger partial charge on any atom is 0.352 e. The number of nitrogens with two attached hydrogens (primary N) is 1. The molecule has 4 N–H and O–H groups in total. The lowest BCUT2D eigenvalue weighted by atomic mass is 10.0. The number of carboxylic acid groups (broad SMARTS) is 1. The van der Waals surface area contributed by atoms with Gasteiger partial charge in [0.1, 0.15) is 23.7 Å². The molecule has 1 fully saturated rings. The Morgan fingerprint density at radius 3 is 2.51 bits per heavy atom. The molecule has 2 aliphatic heterocycles. The van der Waals surface area contributed by atoms with E-state index in [1.807, 2.05) is 0 Å². The van der Waals surface area contributed by atoms with Crippen molar-refractivity contribution in [1.29, 1.82) is 0 Å². The molecule has 0 bridgehead atoms. The first-order valence-corrected chi connectivity index (χ1v) is 12.8. The lowest BCUT2D eigenvalue weighted by Gasteiger charge is -2.49. The number of hydrogen-bond acceptors (Lipinski definition) is 8. The fraction of sp³-hybridized carbons (Fsp3) is 0.500. The summed E-state index contributed by atoms with van der Waals surface area (Å²) in [6, 6.07) is 5.32. The molecular weight excluding hydrogens is 510 g/mol. The Labute approximate surface area is 217 Å². The van der Waals surface area contributed by atoms with Crippen LogP contribution in [0.5, 0.6) is 0 Å². The van der Waals surface area contributed by atoms with E-state index >= 15 is 0 Å². The van der Waals surface area contributed by atoms with Crippen LogP contribution in [0.25, 0.3) is 0 Å². The summed E-state index contributed by atoms with van der Waals surface area (Å²) in [4.78, 5) is 49.2. The molecule has 3 rings (SSSR count). The second-order valence-corrected chi connectivity index (χ2v) is 10.1. The molecule has 0 saturated carbocycles. The number of amides is 2. The van der Waals surface area contributed by atoms with Crippen molar-refractivity contribution in [2.24, 2.45) is 5.73 Å². The molecule has 2 amide bonds. The van der Waals surface area contributed by atoms with Crippen LogP contribution >= 0.6 is 11.8 Å². The minimum atomic E-state index is -1.76. The number of ether oxygens (including phenoxy) is 1. The van der Waals surface area contributed by atoms with Gasteiger partial charge < -0.3 is 20.9 Å². The van der Waals surface area contributed by atoms with Crippen molar-refractivity contribution in [2.75, 3.05) is 12.4 Å². The van der Waals surface area contributed by atoms with Gasteiger partial charge in [-0.2, -0.15) is 0 Å². The predicted molar refractivity (Wildman–Crippen MR) is 131 cm³/mol. The summed E-state index contributed by atoms with van der Waals surface area (Å²) in [5.41, 5.74) is 6.78. The maximum absolute atomic E-state index is 14.0. The van der Waals surface area contributed by atoms with Crippen LogP contribution in [0.4, 0.5) is 8.87 Å². The summed E-state index contributed by atoms with van der Waals surface area (Å²) >= 11 is 1.27. The van der Waals surface area contributed by atoms with E-state index in [-0.39, 0.29) is 48.6 Å². The summed E-state index contributed by atoms with van der Waals surface area (Å²) in [7, 11) is 0. The normalized spacial score (nSPS) is 20.7. The molecule has 13 heteroatoms. The number of halogens is 2. The molecule has 10 nitrogen and oxygen atoms in total. The van der Waals surface area contributed by atoms with Crippen molar-refractivity contribution < 1.29 is 37.9 Å². The lowest BCUT2D eigenvalue weighted by molar-refractivity contribution is -0.151. The van der Waals surface area contributed by atoms with Crippen molar-refractivity contribution in [2.45, 2.75) is 63.4 Å². The number of esters is 1. The van der Waals surface area contributed by atoms with Crippen LogP contribution in [-0.2, 0) is 36.9 Å². The van der Waals surface area contributed by atoms with Crippen LogP contribution in [0.2, 0.25) is 0 Å². The van der Waals surface area contributed by atoms with Crippen LogP contribution in [0.3, 0.4) is 0 Å². The van der Waals surface area contributed by atoms with E-state index in [4.69, 9.17) is 10.5 Å². The molecule has 0 aliphatic carbocycles. The highest BCUT2D eigenvalue weighted by Gasteiger charge is 2.54. The predicted octanol–water partition coefficient (Wildman–Crippen LogP) is 1.64. The van der Waals surface area contributed by atoms with Gasteiger partial charge in [0.15, 0.2) is 6.30 Å². The Balaban J connectivity index is 1.54. The number of benzene rings is 1. The fourth-order valence-electron chi connectivity index (χ4n) is 3.97. The van der Waals surface area contributed by atoms with Crippen LogP contribution in [0.15, 0.2) is 35.5 Å². The molecular formula is C24H30F2N4O6S. The number of fused-ring (bicyclic) bond motifs is 1. The number of hydrogen-bond donors (Lipinski definition) is 3. The van der Waals surface area contributed by atoms with Gasteiger partial charge in [-0.1, -0.05) is 24.3 Å². The van der Waals surface area contributed by atoms with Crippen molar-refractivity contribution >= 4 is 35.5 Å². The molecule has 2 aliphatic rings. The zero-order chi connectivity index (χ0) is 27.3. The van der Waals surface area contributed by atoms with E-state index in [0.717, 1.165) is 4.90 Å².